The van der Waals surface area contributed by atoms with E-state index in [9.17, 15) is 5.11 Å². The molecule has 0 spiro atoms. The first-order valence-corrected chi connectivity index (χ1v) is 5.51. The lowest BCUT2D eigenvalue weighted by molar-refractivity contribution is 0.265. The normalized spacial score (nSPS) is 26.5. The predicted molar refractivity (Wildman–Crippen MR) is 60.7 cm³/mol. The summed E-state index contributed by atoms with van der Waals surface area (Å²) < 4.78 is 0. The third-order valence-electron chi connectivity index (χ3n) is 3.24. The molecule has 0 aromatic heterocycles. The second-order valence-electron chi connectivity index (χ2n) is 4.22. The van der Waals surface area contributed by atoms with E-state index in [4.69, 9.17) is 5.73 Å². The lowest BCUT2D eigenvalue weighted by Gasteiger charge is -2.38. The van der Waals surface area contributed by atoms with Gasteiger partial charge in [-0.15, -0.1) is 0 Å². The molecule has 3 nitrogen and oxygen atoms in total. The molecule has 1 aliphatic rings. The average Bonchev–Trinajstić information content (AvgIpc) is 2.30. The zero-order chi connectivity index (χ0) is 10.7. The minimum atomic E-state index is -0.128. The van der Waals surface area contributed by atoms with Gasteiger partial charge in [0, 0.05) is 6.54 Å². The fourth-order valence-electron chi connectivity index (χ4n) is 2.31. The van der Waals surface area contributed by atoms with Crippen LogP contribution < -0.4 is 11.1 Å². The van der Waals surface area contributed by atoms with Gasteiger partial charge in [0.1, 0.15) is 5.75 Å². The summed E-state index contributed by atoms with van der Waals surface area (Å²) in [4.78, 5) is 0. The Morgan fingerprint density at radius 2 is 2.27 bits per heavy atom. The summed E-state index contributed by atoms with van der Waals surface area (Å²) in [5.74, 6) is 0.313. The summed E-state index contributed by atoms with van der Waals surface area (Å²) in [6.45, 7) is 1.59. The highest BCUT2D eigenvalue weighted by Crippen LogP contribution is 2.30. The molecule has 0 aliphatic carbocycles. The van der Waals surface area contributed by atoms with Crippen LogP contribution in [0.25, 0.3) is 0 Å². The molecule has 1 aromatic carbocycles. The highest BCUT2D eigenvalue weighted by Gasteiger charge is 2.32. The highest BCUT2D eigenvalue weighted by atomic mass is 16.3. The minimum Gasteiger partial charge on any atom is -0.508 e. The first kappa shape index (κ1) is 10.5. The van der Waals surface area contributed by atoms with Crippen LogP contribution in [-0.4, -0.2) is 18.2 Å². The Labute approximate surface area is 90.3 Å². The molecule has 3 heteroatoms. The molecule has 4 N–H and O–H groups in total. The Hall–Kier alpha value is -1.06. The lowest BCUT2D eigenvalue weighted by atomic mass is 9.82. The maximum atomic E-state index is 9.49. The number of aromatic hydroxyl groups is 1. The quantitative estimate of drug-likeness (QED) is 0.684. The monoisotopic (exact) mass is 206 g/mol. The van der Waals surface area contributed by atoms with Crippen LogP contribution >= 0.6 is 0 Å². The summed E-state index contributed by atoms with van der Waals surface area (Å²) in [6, 6.07) is 7.41. The van der Waals surface area contributed by atoms with Crippen molar-refractivity contribution in [2.45, 2.75) is 24.8 Å². The van der Waals surface area contributed by atoms with Crippen LogP contribution in [0, 0.1) is 0 Å². The van der Waals surface area contributed by atoms with Gasteiger partial charge in [-0.2, -0.15) is 0 Å². The Balaban J connectivity index is 2.32. The fraction of sp³-hybridized carbons (Fsp3) is 0.500. The first-order valence-electron chi connectivity index (χ1n) is 5.51. The molecule has 82 valence electrons. The smallest absolute Gasteiger partial charge is 0.115 e. The SMILES string of the molecule is NCC1(c2cccc(O)c2)CCCCN1. The summed E-state index contributed by atoms with van der Waals surface area (Å²) in [5.41, 5.74) is 6.85. The third kappa shape index (κ3) is 1.98. The van der Waals surface area contributed by atoms with Crippen LogP contribution in [-0.2, 0) is 5.54 Å². The van der Waals surface area contributed by atoms with Crippen LogP contribution in [0.5, 0.6) is 5.75 Å². The van der Waals surface area contributed by atoms with E-state index >= 15 is 0 Å². The lowest BCUT2D eigenvalue weighted by Crippen LogP contribution is -2.51. The fourth-order valence-corrected chi connectivity index (χ4v) is 2.31. The molecule has 0 saturated carbocycles. The molecule has 1 atom stereocenters. The maximum absolute atomic E-state index is 9.49. The minimum absolute atomic E-state index is 0.128. The van der Waals surface area contributed by atoms with E-state index in [0.29, 0.717) is 12.3 Å². The van der Waals surface area contributed by atoms with E-state index in [1.54, 1.807) is 6.07 Å². The van der Waals surface area contributed by atoms with E-state index in [1.807, 2.05) is 18.2 Å². The van der Waals surface area contributed by atoms with Crippen molar-refractivity contribution < 1.29 is 5.11 Å². The van der Waals surface area contributed by atoms with E-state index in [1.165, 1.54) is 12.8 Å². The third-order valence-corrected chi connectivity index (χ3v) is 3.24. The van der Waals surface area contributed by atoms with Gasteiger partial charge in [0.05, 0.1) is 5.54 Å². The summed E-state index contributed by atoms with van der Waals surface area (Å²) in [7, 11) is 0. The number of benzene rings is 1. The van der Waals surface area contributed by atoms with Gasteiger partial charge in [-0.1, -0.05) is 12.1 Å². The zero-order valence-electron chi connectivity index (χ0n) is 8.87. The van der Waals surface area contributed by atoms with E-state index in [-0.39, 0.29) is 5.54 Å². The summed E-state index contributed by atoms with van der Waals surface area (Å²) in [5, 5.41) is 13.0. The predicted octanol–water partition coefficient (Wildman–Crippen LogP) is 1.32. The average molecular weight is 206 g/mol. The van der Waals surface area contributed by atoms with Gasteiger partial charge in [-0.05, 0) is 43.5 Å². The Kier molecular flexibility index (Phi) is 2.93. The number of rotatable bonds is 2. The number of hydrogen-bond acceptors (Lipinski definition) is 3. The van der Waals surface area contributed by atoms with Crippen molar-refractivity contribution in [3.05, 3.63) is 29.8 Å². The second kappa shape index (κ2) is 4.21. The molecule has 1 unspecified atom stereocenters. The van der Waals surface area contributed by atoms with Crippen LogP contribution in [0.1, 0.15) is 24.8 Å². The van der Waals surface area contributed by atoms with Crippen molar-refractivity contribution in [2.75, 3.05) is 13.1 Å². The first-order chi connectivity index (χ1) is 7.27. The highest BCUT2D eigenvalue weighted by molar-refractivity contribution is 5.33. The largest absolute Gasteiger partial charge is 0.508 e. The van der Waals surface area contributed by atoms with E-state index in [0.717, 1.165) is 18.5 Å². The van der Waals surface area contributed by atoms with Crippen LogP contribution in [0.15, 0.2) is 24.3 Å². The number of phenolic OH excluding ortho intramolecular Hbond substituents is 1. The summed E-state index contributed by atoms with van der Waals surface area (Å²) >= 11 is 0. The molecule has 0 radical (unpaired) electrons. The number of nitrogens with one attached hydrogen (secondary N) is 1. The molecular formula is C12H18N2O. The van der Waals surface area contributed by atoms with Gasteiger partial charge in [0.15, 0.2) is 0 Å². The van der Waals surface area contributed by atoms with Gasteiger partial charge in [-0.3, -0.25) is 0 Å². The molecule has 1 aromatic rings. The molecule has 1 fully saturated rings. The van der Waals surface area contributed by atoms with Crippen LogP contribution in [0.2, 0.25) is 0 Å². The maximum Gasteiger partial charge on any atom is 0.115 e. The molecule has 0 bridgehead atoms. The van der Waals surface area contributed by atoms with Gasteiger partial charge >= 0.3 is 0 Å². The van der Waals surface area contributed by atoms with Gasteiger partial charge < -0.3 is 16.2 Å². The van der Waals surface area contributed by atoms with Gasteiger partial charge in [-0.25, -0.2) is 0 Å². The van der Waals surface area contributed by atoms with Crippen molar-refractivity contribution in [1.29, 1.82) is 0 Å². The van der Waals surface area contributed by atoms with Gasteiger partial charge in [0.2, 0.25) is 0 Å². The molecule has 15 heavy (non-hydrogen) atoms. The Morgan fingerprint density at radius 3 is 2.87 bits per heavy atom. The second-order valence-corrected chi connectivity index (χ2v) is 4.22. The Bertz CT molecular complexity index is 332. The molecule has 1 heterocycles. The van der Waals surface area contributed by atoms with Crippen molar-refractivity contribution in [1.82, 2.24) is 5.32 Å². The summed E-state index contributed by atoms with van der Waals surface area (Å²) in [6.07, 6.45) is 3.45. The topological polar surface area (TPSA) is 58.3 Å². The van der Waals surface area contributed by atoms with Crippen molar-refractivity contribution >= 4 is 0 Å². The van der Waals surface area contributed by atoms with E-state index < -0.39 is 0 Å². The number of piperidine rings is 1. The number of phenols is 1. The van der Waals surface area contributed by atoms with Crippen molar-refractivity contribution in [3.63, 3.8) is 0 Å². The molecule has 2 rings (SSSR count). The molecule has 1 aliphatic heterocycles. The molecule has 0 amide bonds. The van der Waals surface area contributed by atoms with E-state index in [2.05, 4.69) is 5.32 Å². The Morgan fingerprint density at radius 1 is 1.40 bits per heavy atom. The molecular weight excluding hydrogens is 188 g/mol. The van der Waals surface area contributed by atoms with Crippen LogP contribution in [0.4, 0.5) is 0 Å². The standard InChI is InChI=1S/C12H18N2O/c13-9-12(6-1-2-7-14-12)10-4-3-5-11(15)8-10/h3-5,8,14-15H,1-2,6-7,9,13H2. The number of nitrogens with two attached hydrogens (primary N) is 1. The van der Waals surface area contributed by atoms with Crippen molar-refractivity contribution in [2.24, 2.45) is 5.73 Å². The molecule has 1 saturated heterocycles. The number of hydrogen-bond donors (Lipinski definition) is 3. The zero-order valence-corrected chi connectivity index (χ0v) is 8.87. The van der Waals surface area contributed by atoms with Crippen LogP contribution in [0.3, 0.4) is 0 Å². The van der Waals surface area contributed by atoms with Crippen molar-refractivity contribution in [3.8, 4) is 5.75 Å². The van der Waals surface area contributed by atoms with Gasteiger partial charge in [0.25, 0.3) is 0 Å².